The van der Waals surface area contributed by atoms with Crippen LogP contribution in [0.25, 0.3) is 0 Å². The van der Waals surface area contributed by atoms with E-state index < -0.39 is 38.0 Å². The van der Waals surface area contributed by atoms with Crippen molar-refractivity contribution in [1.82, 2.24) is 10.6 Å². The lowest BCUT2D eigenvalue weighted by molar-refractivity contribution is -0.137. The van der Waals surface area contributed by atoms with Gasteiger partial charge in [-0.3, -0.25) is 23.4 Å². The van der Waals surface area contributed by atoms with Crippen LogP contribution in [0.3, 0.4) is 0 Å². The maximum absolute atomic E-state index is 12.0. The van der Waals surface area contributed by atoms with E-state index in [-0.39, 0.29) is 37.0 Å². The Morgan fingerprint density at radius 3 is 2.34 bits per heavy atom. The molecule has 0 bridgehead atoms. The molecule has 170 valence electrons. The van der Waals surface area contributed by atoms with Gasteiger partial charge in [0.15, 0.2) is 5.12 Å². The number of hydrogen-bond acceptors (Lipinski definition) is 9. The van der Waals surface area contributed by atoms with E-state index in [2.05, 4.69) is 15.2 Å². The van der Waals surface area contributed by atoms with Crippen molar-refractivity contribution in [3.05, 3.63) is 0 Å². The fourth-order valence-corrected chi connectivity index (χ4v) is 3.27. The average Bonchev–Trinajstić information content (AvgIpc) is 2.62. The van der Waals surface area contributed by atoms with Gasteiger partial charge in [0.25, 0.3) is 0 Å². The highest BCUT2D eigenvalue weighted by Crippen LogP contribution is 2.43. The van der Waals surface area contributed by atoms with E-state index in [1.165, 1.54) is 20.8 Å². The third-order valence-corrected chi connectivity index (χ3v) is 5.43. The van der Waals surface area contributed by atoms with E-state index in [1.807, 2.05) is 0 Å². The number of amides is 2. The first-order valence-electron chi connectivity index (χ1n) is 8.90. The fraction of sp³-hybridized carbons (Fsp3) is 0.812. The van der Waals surface area contributed by atoms with Crippen molar-refractivity contribution in [1.29, 1.82) is 0 Å². The monoisotopic (exact) mass is 458 g/mol. The number of phosphoric ester groups is 1. The van der Waals surface area contributed by atoms with Gasteiger partial charge in [0.2, 0.25) is 11.8 Å². The Labute approximate surface area is 174 Å². The van der Waals surface area contributed by atoms with E-state index in [0.29, 0.717) is 5.75 Å². The molecule has 0 aliphatic heterocycles. The second kappa shape index (κ2) is 13.3. The summed E-state index contributed by atoms with van der Waals surface area (Å²) in [6.45, 7) is 4.28. The number of aliphatic hydroxyl groups excluding tert-OH is 2. The number of carbonyl (C=O) groups is 3. The van der Waals surface area contributed by atoms with Crippen LogP contribution in [0, 0.1) is 5.41 Å². The Bertz CT molecular complexity index is 601. The van der Waals surface area contributed by atoms with Crippen molar-refractivity contribution in [3.63, 3.8) is 0 Å². The van der Waals surface area contributed by atoms with E-state index in [0.717, 1.165) is 18.9 Å². The molecule has 0 aromatic heterocycles. The Kier molecular flexibility index (Phi) is 12.9. The smallest absolute Gasteiger partial charge is 0.393 e. The first-order valence-corrected chi connectivity index (χ1v) is 11.4. The van der Waals surface area contributed by atoms with Crippen molar-refractivity contribution < 1.29 is 43.1 Å². The van der Waals surface area contributed by atoms with E-state index in [1.54, 1.807) is 0 Å². The summed E-state index contributed by atoms with van der Waals surface area (Å²) in [5.74, 6) is -0.727. The number of aliphatic hydroxyl groups is 2. The summed E-state index contributed by atoms with van der Waals surface area (Å²) in [5.41, 5.74) is -1.18. The molecule has 0 saturated carbocycles. The molecule has 0 fully saturated rings. The van der Waals surface area contributed by atoms with Crippen LogP contribution in [-0.4, -0.2) is 76.8 Å². The molecule has 0 saturated heterocycles. The van der Waals surface area contributed by atoms with Gasteiger partial charge in [-0.2, -0.15) is 0 Å². The van der Waals surface area contributed by atoms with Gasteiger partial charge in [0, 0.05) is 44.2 Å². The van der Waals surface area contributed by atoms with Crippen LogP contribution in [0.5, 0.6) is 0 Å². The topological polar surface area (TPSA) is 171 Å². The maximum atomic E-state index is 12.0. The number of rotatable bonds is 14. The van der Waals surface area contributed by atoms with Crippen molar-refractivity contribution in [2.45, 2.75) is 45.8 Å². The van der Waals surface area contributed by atoms with Crippen LogP contribution in [0.15, 0.2) is 0 Å². The molecule has 5 N–H and O–H groups in total. The number of thioether (sulfide) groups is 1. The molecule has 0 spiro atoms. The van der Waals surface area contributed by atoms with E-state index in [4.69, 9.17) is 9.63 Å². The molecular weight excluding hydrogens is 427 g/mol. The minimum absolute atomic E-state index is 0.0245. The first-order chi connectivity index (χ1) is 13.3. The number of hydrogen-bond donors (Lipinski definition) is 5. The second-order valence-electron chi connectivity index (χ2n) is 6.98. The summed E-state index contributed by atoms with van der Waals surface area (Å²) in [5, 5.41) is 24.0. The quantitative estimate of drug-likeness (QED) is 0.173. The van der Waals surface area contributed by atoms with Crippen LogP contribution < -0.4 is 10.6 Å². The highest BCUT2D eigenvalue weighted by Gasteiger charge is 2.36. The largest absolute Gasteiger partial charge is 0.471 e. The van der Waals surface area contributed by atoms with Crippen LogP contribution in [0.2, 0.25) is 0 Å². The van der Waals surface area contributed by atoms with Crippen LogP contribution in [-0.2, 0) is 28.0 Å². The molecule has 0 aromatic carbocycles. The molecule has 0 heterocycles. The van der Waals surface area contributed by atoms with E-state index >= 15 is 0 Å². The molecule has 11 nitrogen and oxygen atoms in total. The zero-order valence-corrected chi connectivity index (χ0v) is 18.8. The summed E-state index contributed by atoms with van der Waals surface area (Å²) in [7, 11) is -3.24. The molecule has 1 unspecified atom stereocenters. The standard InChI is InChI=1S/C16H31N2O9PS/c1-11(19)9-13(21)29-8-7-17-12(20)5-6-18-15(23)14(22)16(2,3)10-27-28(24,25)26-4/h11,14,19,22H,5-10H2,1-4H3,(H,17,20)(H,18,23)(H,24,25)/t11-,14+/m1/s1. The molecular formula is C16H31N2O9PS. The highest BCUT2D eigenvalue weighted by molar-refractivity contribution is 8.13. The first kappa shape index (κ1) is 28.0. The SMILES string of the molecule is COP(=O)(O)OCC(C)(C)[C@@H](O)C(=O)NCCC(=O)NCCSC(=O)C[C@@H](C)O. The summed E-state index contributed by atoms with van der Waals surface area (Å²) in [6.07, 6.45) is -2.22. The molecule has 0 radical (unpaired) electrons. The Balaban J connectivity index is 4.13. The fourth-order valence-electron chi connectivity index (χ4n) is 1.87. The summed E-state index contributed by atoms with van der Waals surface area (Å²) < 4.78 is 20.3. The van der Waals surface area contributed by atoms with Crippen molar-refractivity contribution in [3.8, 4) is 0 Å². The van der Waals surface area contributed by atoms with Crippen molar-refractivity contribution >= 4 is 36.5 Å². The molecule has 0 aromatic rings. The normalized spacial score (nSPS) is 15.8. The van der Waals surface area contributed by atoms with Crippen molar-refractivity contribution in [2.75, 3.05) is 32.6 Å². The number of nitrogens with one attached hydrogen (secondary N) is 2. The van der Waals surface area contributed by atoms with Gasteiger partial charge in [0.1, 0.15) is 6.10 Å². The molecule has 0 aliphatic rings. The molecule has 3 atom stereocenters. The summed E-state index contributed by atoms with van der Waals surface area (Å²) in [6, 6.07) is 0. The van der Waals surface area contributed by atoms with Gasteiger partial charge in [-0.15, -0.1) is 0 Å². The third kappa shape index (κ3) is 13.0. The van der Waals surface area contributed by atoms with Crippen LogP contribution in [0.4, 0.5) is 0 Å². The second-order valence-corrected chi connectivity index (χ2v) is 9.69. The van der Waals surface area contributed by atoms with Crippen LogP contribution >= 0.6 is 19.6 Å². The Hall–Kier alpha value is -1.01. The molecule has 2 amide bonds. The Morgan fingerprint density at radius 1 is 1.17 bits per heavy atom. The predicted molar refractivity (Wildman–Crippen MR) is 107 cm³/mol. The van der Waals surface area contributed by atoms with Crippen LogP contribution in [0.1, 0.15) is 33.6 Å². The molecule has 29 heavy (non-hydrogen) atoms. The lowest BCUT2D eigenvalue weighted by Crippen LogP contribution is -2.46. The lowest BCUT2D eigenvalue weighted by atomic mass is 9.87. The van der Waals surface area contributed by atoms with Gasteiger partial charge < -0.3 is 25.7 Å². The van der Waals surface area contributed by atoms with Gasteiger partial charge in [-0.25, -0.2) is 4.57 Å². The van der Waals surface area contributed by atoms with Gasteiger partial charge in [-0.05, 0) is 6.92 Å². The van der Waals surface area contributed by atoms with Crippen molar-refractivity contribution in [2.24, 2.45) is 5.41 Å². The minimum Gasteiger partial charge on any atom is -0.393 e. The number of phosphoric acid groups is 1. The predicted octanol–water partition coefficient (Wildman–Crippen LogP) is -0.210. The van der Waals surface area contributed by atoms with Gasteiger partial charge in [-0.1, -0.05) is 25.6 Å². The minimum atomic E-state index is -4.23. The Morgan fingerprint density at radius 2 is 1.79 bits per heavy atom. The van der Waals surface area contributed by atoms with Gasteiger partial charge in [0.05, 0.1) is 12.7 Å². The molecule has 13 heteroatoms. The summed E-state index contributed by atoms with van der Waals surface area (Å²) in [4.78, 5) is 44.3. The molecule has 0 aliphatic carbocycles. The lowest BCUT2D eigenvalue weighted by Gasteiger charge is -2.29. The average molecular weight is 458 g/mol. The van der Waals surface area contributed by atoms with Gasteiger partial charge >= 0.3 is 7.82 Å². The number of carbonyl (C=O) groups excluding carboxylic acids is 3. The zero-order chi connectivity index (χ0) is 22.7. The van der Waals surface area contributed by atoms with E-state index in [9.17, 15) is 28.9 Å². The highest BCUT2D eigenvalue weighted by atomic mass is 32.2. The maximum Gasteiger partial charge on any atom is 0.471 e. The third-order valence-electron chi connectivity index (χ3n) is 3.62. The molecule has 0 rings (SSSR count). The zero-order valence-electron chi connectivity index (χ0n) is 17.0. The summed E-state index contributed by atoms with van der Waals surface area (Å²) >= 11 is 1.01.